The molecule has 3 heterocycles. The molecule has 4 aromatic rings. The van der Waals surface area contributed by atoms with Crippen molar-refractivity contribution in [2.24, 2.45) is 0 Å². The van der Waals surface area contributed by atoms with E-state index < -0.39 is 11.8 Å². The van der Waals surface area contributed by atoms with Crippen LogP contribution < -0.4 is 15.4 Å². The number of ketones is 2. The minimum atomic E-state index is -0.484. The number of rotatable bonds is 6. The number of carbonyl (C=O) groups is 4. The molecule has 208 valence electrons. The second-order valence-corrected chi connectivity index (χ2v) is 10.7. The van der Waals surface area contributed by atoms with Crippen LogP contribution in [-0.4, -0.2) is 44.6 Å². The molecule has 41 heavy (non-hydrogen) atoms. The summed E-state index contributed by atoms with van der Waals surface area (Å²) < 4.78 is 6.75. The first kappa shape index (κ1) is 26.6. The standard InChI is InChI=1S/C30H26ClN5O5/c1-15-20(16(2)37)4-5-22-21(15)6-7-23(22)34-30(40)25-11-24(33-28-12-27(31)35-36(25)28)29(39)32-13-17-3-8-26-18(9-17)10-19(38)14-41-26/h3-5,8-9,11-12,23H,6-7,10,13-14H2,1-2H3,(H,32,39)(H,34,40)/t23-/m0/s1. The molecule has 6 rings (SSSR count). The first-order valence-corrected chi connectivity index (χ1v) is 13.6. The highest BCUT2D eigenvalue weighted by Gasteiger charge is 2.28. The Hall–Kier alpha value is -4.57. The Kier molecular flexibility index (Phi) is 6.78. The summed E-state index contributed by atoms with van der Waals surface area (Å²) in [6.07, 6.45) is 1.71. The van der Waals surface area contributed by atoms with Gasteiger partial charge in [-0.15, -0.1) is 0 Å². The number of nitrogens with zero attached hydrogens (tertiary/aromatic N) is 3. The third-order valence-electron chi connectivity index (χ3n) is 7.59. The molecule has 0 radical (unpaired) electrons. The third kappa shape index (κ3) is 5.06. The van der Waals surface area contributed by atoms with Gasteiger partial charge in [0.25, 0.3) is 11.8 Å². The predicted molar refractivity (Wildman–Crippen MR) is 150 cm³/mol. The molecule has 11 heteroatoms. The summed E-state index contributed by atoms with van der Waals surface area (Å²) in [5.74, 6) is -0.244. The van der Waals surface area contributed by atoms with E-state index in [9.17, 15) is 19.2 Å². The number of carbonyl (C=O) groups excluding carboxylic acids is 4. The van der Waals surface area contributed by atoms with Crippen LogP contribution in [0.2, 0.25) is 5.15 Å². The van der Waals surface area contributed by atoms with Crippen LogP contribution in [0.1, 0.15) is 78.5 Å². The normalized spacial score (nSPS) is 15.7. The number of ether oxygens (including phenoxy) is 1. The summed E-state index contributed by atoms with van der Waals surface area (Å²) in [4.78, 5) is 54.8. The first-order chi connectivity index (χ1) is 19.7. The number of hydrogen-bond acceptors (Lipinski definition) is 7. The molecule has 0 spiro atoms. The van der Waals surface area contributed by atoms with Gasteiger partial charge in [-0.05, 0) is 61.1 Å². The van der Waals surface area contributed by atoms with Gasteiger partial charge in [0.1, 0.15) is 23.7 Å². The fraction of sp³-hybridized carbons (Fsp3) is 0.267. The van der Waals surface area contributed by atoms with E-state index in [1.807, 2.05) is 25.1 Å². The van der Waals surface area contributed by atoms with Crippen LogP contribution in [0.3, 0.4) is 0 Å². The molecule has 2 aromatic carbocycles. The molecule has 0 saturated carbocycles. The molecule has 2 aliphatic rings. The lowest BCUT2D eigenvalue weighted by Crippen LogP contribution is -2.30. The van der Waals surface area contributed by atoms with Crippen LogP contribution in [-0.2, 0) is 24.2 Å². The second kappa shape index (κ2) is 10.4. The van der Waals surface area contributed by atoms with Gasteiger partial charge in [0.15, 0.2) is 22.4 Å². The maximum absolute atomic E-state index is 13.5. The number of aromatic nitrogens is 3. The van der Waals surface area contributed by atoms with Crippen LogP contribution >= 0.6 is 11.6 Å². The fourth-order valence-electron chi connectivity index (χ4n) is 5.58. The number of nitrogens with one attached hydrogen (secondary N) is 2. The fourth-order valence-corrected chi connectivity index (χ4v) is 5.76. The predicted octanol–water partition coefficient (Wildman–Crippen LogP) is 3.75. The average molecular weight is 572 g/mol. The van der Waals surface area contributed by atoms with Crippen molar-refractivity contribution in [3.05, 3.63) is 92.4 Å². The summed E-state index contributed by atoms with van der Waals surface area (Å²) in [6.45, 7) is 3.74. The van der Waals surface area contributed by atoms with Crippen LogP contribution in [0.5, 0.6) is 5.75 Å². The van der Waals surface area contributed by atoms with Crippen molar-refractivity contribution in [2.75, 3.05) is 6.61 Å². The van der Waals surface area contributed by atoms with Crippen molar-refractivity contribution in [1.29, 1.82) is 0 Å². The molecular weight excluding hydrogens is 546 g/mol. The molecule has 0 fully saturated rings. The Morgan fingerprint density at radius 3 is 2.76 bits per heavy atom. The number of benzene rings is 2. The van der Waals surface area contributed by atoms with Gasteiger partial charge in [-0.2, -0.15) is 5.10 Å². The molecular formula is C30H26ClN5O5. The highest BCUT2D eigenvalue weighted by atomic mass is 35.5. The molecule has 2 amide bonds. The minimum Gasteiger partial charge on any atom is -0.486 e. The van der Waals surface area contributed by atoms with Crippen molar-refractivity contribution in [3.63, 3.8) is 0 Å². The van der Waals surface area contributed by atoms with Gasteiger partial charge in [0, 0.05) is 36.2 Å². The smallest absolute Gasteiger partial charge is 0.270 e. The Morgan fingerprint density at radius 1 is 1.12 bits per heavy atom. The Balaban J connectivity index is 1.23. The summed E-state index contributed by atoms with van der Waals surface area (Å²) in [5.41, 5.74) is 5.64. The van der Waals surface area contributed by atoms with E-state index in [1.165, 1.54) is 16.6 Å². The van der Waals surface area contributed by atoms with Gasteiger partial charge in [-0.3, -0.25) is 19.2 Å². The van der Waals surface area contributed by atoms with Gasteiger partial charge in [-0.1, -0.05) is 29.8 Å². The summed E-state index contributed by atoms with van der Waals surface area (Å²) in [5, 5.41) is 10.2. The molecule has 0 saturated heterocycles. The van der Waals surface area contributed by atoms with Gasteiger partial charge in [0.05, 0.1) is 6.04 Å². The summed E-state index contributed by atoms with van der Waals surface area (Å²) >= 11 is 6.13. The lowest BCUT2D eigenvalue weighted by Gasteiger charge is -2.17. The van der Waals surface area contributed by atoms with E-state index >= 15 is 0 Å². The van der Waals surface area contributed by atoms with Crippen molar-refractivity contribution in [2.45, 2.75) is 45.7 Å². The Morgan fingerprint density at radius 2 is 1.95 bits per heavy atom. The van der Waals surface area contributed by atoms with E-state index in [0.29, 0.717) is 24.2 Å². The number of Topliss-reactive ketones (excluding diaryl/α,β-unsaturated/α-hetero) is 2. The number of hydrogen-bond donors (Lipinski definition) is 2. The highest BCUT2D eigenvalue weighted by Crippen LogP contribution is 2.35. The van der Waals surface area contributed by atoms with Crippen molar-refractivity contribution >= 4 is 40.6 Å². The molecule has 1 atom stereocenters. The number of amides is 2. The first-order valence-electron chi connectivity index (χ1n) is 13.2. The molecule has 0 bridgehead atoms. The van der Waals surface area contributed by atoms with Crippen LogP contribution in [0.15, 0.2) is 42.5 Å². The molecule has 1 aliphatic heterocycles. The summed E-state index contributed by atoms with van der Waals surface area (Å²) in [6, 6.07) is 11.7. The third-order valence-corrected chi connectivity index (χ3v) is 7.78. The van der Waals surface area contributed by atoms with Gasteiger partial charge < -0.3 is 15.4 Å². The monoisotopic (exact) mass is 571 g/mol. The van der Waals surface area contributed by atoms with Gasteiger partial charge in [-0.25, -0.2) is 9.50 Å². The molecule has 2 aromatic heterocycles. The Bertz CT molecular complexity index is 1780. The lowest BCUT2D eigenvalue weighted by atomic mass is 9.96. The molecule has 2 N–H and O–H groups in total. The number of fused-ring (bicyclic) bond motifs is 3. The maximum atomic E-state index is 13.5. The van der Waals surface area contributed by atoms with E-state index in [4.69, 9.17) is 16.3 Å². The zero-order chi connectivity index (χ0) is 28.8. The highest BCUT2D eigenvalue weighted by molar-refractivity contribution is 6.29. The SMILES string of the molecule is CC(=O)c1ccc2c(c1C)CC[C@@H]2NC(=O)c1cc(C(=O)NCc2ccc3c(c2)CC(=O)CO3)nc2cc(Cl)nn12. The van der Waals surface area contributed by atoms with Crippen molar-refractivity contribution < 1.29 is 23.9 Å². The zero-order valence-electron chi connectivity index (χ0n) is 22.4. The summed E-state index contributed by atoms with van der Waals surface area (Å²) in [7, 11) is 0. The molecule has 10 nitrogen and oxygen atoms in total. The molecule has 1 aliphatic carbocycles. The van der Waals surface area contributed by atoms with E-state index in [2.05, 4.69) is 20.7 Å². The van der Waals surface area contributed by atoms with E-state index in [0.717, 1.165) is 34.2 Å². The van der Waals surface area contributed by atoms with Crippen molar-refractivity contribution in [1.82, 2.24) is 25.2 Å². The average Bonchev–Trinajstić information content (AvgIpc) is 3.53. The van der Waals surface area contributed by atoms with Gasteiger partial charge in [0.2, 0.25) is 0 Å². The minimum absolute atomic E-state index is 0.00139. The zero-order valence-corrected chi connectivity index (χ0v) is 23.2. The maximum Gasteiger partial charge on any atom is 0.270 e. The second-order valence-electron chi connectivity index (χ2n) is 10.3. The molecule has 0 unspecified atom stereocenters. The van der Waals surface area contributed by atoms with Crippen LogP contribution in [0.4, 0.5) is 0 Å². The van der Waals surface area contributed by atoms with Gasteiger partial charge >= 0.3 is 0 Å². The largest absolute Gasteiger partial charge is 0.486 e. The topological polar surface area (TPSA) is 132 Å². The van der Waals surface area contributed by atoms with E-state index in [1.54, 1.807) is 19.1 Å². The number of halogens is 1. The Labute approximate surface area is 240 Å². The quantitative estimate of drug-likeness (QED) is 0.337. The van der Waals surface area contributed by atoms with Crippen LogP contribution in [0.25, 0.3) is 5.65 Å². The lowest BCUT2D eigenvalue weighted by molar-refractivity contribution is -0.121. The van der Waals surface area contributed by atoms with Crippen LogP contribution in [0, 0.1) is 6.92 Å². The van der Waals surface area contributed by atoms with E-state index in [-0.39, 0.29) is 52.9 Å². The van der Waals surface area contributed by atoms with Crippen molar-refractivity contribution in [3.8, 4) is 5.75 Å².